The van der Waals surface area contributed by atoms with E-state index in [4.69, 9.17) is 9.72 Å². The lowest BCUT2D eigenvalue weighted by Crippen LogP contribution is -2.38. The van der Waals surface area contributed by atoms with Crippen molar-refractivity contribution >= 4 is 5.97 Å². The summed E-state index contributed by atoms with van der Waals surface area (Å²) < 4.78 is 7.81. The van der Waals surface area contributed by atoms with Crippen molar-refractivity contribution in [2.45, 2.75) is 37.6 Å². The quantitative estimate of drug-likeness (QED) is 0.174. The van der Waals surface area contributed by atoms with Gasteiger partial charge in [-0.3, -0.25) is 4.79 Å². The molecule has 0 radical (unpaired) electrons. The first-order valence-electron chi connectivity index (χ1n) is 12.1. The topological polar surface area (TPSA) is 44.1 Å². The Balaban J connectivity index is 1.65. The van der Waals surface area contributed by atoms with Crippen molar-refractivity contribution in [2.24, 2.45) is 5.92 Å². The van der Waals surface area contributed by atoms with Crippen LogP contribution in [0.25, 0.3) is 0 Å². The van der Waals surface area contributed by atoms with Gasteiger partial charge in [-0.05, 0) is 29.5 Å². The van der Waals surface area contributed by atoms with E-state index < -0.39 is 5.54 Å². The fraction of sp³-hybridized carbons (Fsp3) is 0.267. The number of ether oxygens (including phenoxy) is 1. The number of benzene rings is 3. The predicted octanol–water partition coefficient (Wildman–Crippen LogP) is 6.17. The molecule has 1 saturated carbocycles. The zero-order chi connectivity index (χ0) is 23.4. The summed E-state index contributed by atoms with van der Waals surface area (Å²) in [7, 11) is 0. The summed E-state index contributed by atoms with van der Waals surface area (Å²) >= 11 is 0. The van der Waals surface area contributed by atoms with E-state index in [0.717, 1.165) is 41.8 Å². The van der Waals surface area contributed by atoms with Crippen molar-refractivity contribution in [1.29, 1.82) is 0 Å². The lowest BCUT2D eigenvalue weighted by molar-refractivity contribution is -0.145. The van der Waals surface area contributed by atoms with Gasteiger partial charge in [0.05, 0.1) is 12.5 Å². The van der Waals surface area contributed by atoms with Gasteiger partial charge in [-0.2, -0.15) is 0 Å². The molecule has 0 aliphatic heterocycles. The Morgan fingerprint density at radius 3 is 1.94 bits per heavy atom. The SMILES string of the molecule is CCCCOC(=O)C1C[C@H]1c1nccn1C(c1ccccc1)(c1ccccc1)c1ccccc1. The summed E-state index contributed by atoms with van der Waals surface area (Å²) in [5, 5.41) is 0. The number of unbranched alkanes of at least 4 members (excludes halogenated alkanes) is 1. The van der Waals surface area contributed by atoms with Gasteiger partial charge >= 0.3 is 5.97 Å². The smallest absolute Gasteiger partial charge is 0.309 e. The van der Waals surface area contributed by atoms with Crippen LogP contribution in [0.2, 0.25) is 0 Å². The largest absolute Gasteiger partial charge is 0.465 e. The van der Waals surface area contributed by atoms with Crippen LogP contribution in [0, 0.1) is 5.92 Å². The number of esters is 1. The maximum Gasteiger partial charge on any atom is 0.309 e. The number of hydrogen-bond acceptors (Lipinski definition) is 3. The molecule has 1 unspecified atom stereocenters. The number of rotatable bonds is 9. The van der Waals surface area contributed by atoms with E-state index in [1.165, 1.54) is 0 Å². The first-order valence-corrected chi connectivity index (χ1v) is 12.1. The molecule has 5 rings (SSSR count). The van der Waals surface area contributed by atoms with Crippen LogP contribution in [-0.2, 0) is 15.1 Å². The fourth-order valence-corrected chi connectivity index (χ4v) is 4.99. The minimum atomic E-state index is -0.616. The molecule has 0 amide bonds. The maximum atomic E-state index is 12.7. The van der Waals surface area contributed by atoms with Gasteiger partial charge in [-0.25, -0.2) is 4.98 Å². The number of hydrogen-bond donors (Lipinski definition) is 0. The van der Waals surface area contributed by atoms with Gasteiger partial charge in [0, 0.05) is 18.3 Å². The first-order chi connectivity index (χ1) is 16.8. The van der Waals surface area contributed by atoms with E-state index in [-0.39, 0.29) is 17.8 Å². The first kappa shape index (κ1) is 22.1. The standard InChI is InChI=1S/C30H30N2O2/c1-2-3-21-34-29(33)27-22-26(27)28-31-19-20-32(28)30(23-13-7-4-8-14-23,24-15-9-5-10-16-24)25-17-11-6-12-18-25/h4-20,26-27H,2-3,21-22H2,1H3/t26-,27?/m1/s1. The molecule has 0 spiro atoms. The Hall–Kier alpha value is -3.66. The van der Waals surface area contributed by atoms with Crippen molar-refractivity contribution in [3.8, 4) is 0 Å². The number of aromatic nitrogens is 2. The number of imidazole rings is 1. The van der Waals surface area contributed by atoms with E-state index in [9.17, 15) is 4.79 Å². The van der Waals surface area contributed by atoms with Crippen LogP contribution in [0.4, 0.5) is 0 Å². The Morgan fingerprint density at radius 2 is 1.44 bits per heavy atom. The van der Waals surface area contributed by atoms with Crippen LogP contribution < -0.4 is 0 Å². The number of nitrogens with zero attached hydrogens (tertiary/aromatic N) is 2. The second kappa shape index (κ2) is 9.68. The van der Waals surface area contributed by atoms with Crippen LogP contribution in [-0.4, -0.2) is 22.1 Å². The Kier molecular flexibility index (Phi) is 6.31. The summed E-state index contributed by atoms with van der Waals surface area (Å²) in [6.45, 7) is 2.59. The minimum Gasteiger partial charge on any atom is -0.465 e. The molecular weight excluding hydrogens is 420 g/mol. The maximum absolute atomic E-state index is 12.7. The van der Waals surface area contributed by atoms with Crippen molar-refractivity contribution in [3.63, 3.8) is 0 Å². The lowest BCUT2D eigenvalue weighted by Gasteiger charge is -2.38. The highest BCUT2D eigenvalue weighted by Gasteiger charge is 2.50. The molecule has 34 heavy (non-hydrogen) atoms. The third kappa shape index (κ3) is 3.94. The summed E-state index contributed by atoms with van der Waals surface area (Å²) in [6.07, 6.45) is 6.60. The zero-order valence-corrected chi connectivity index (χ0v) is 19.5. The molecule has 3 aromatic carbocycles. The van der Waals surface area contributed by atoms with Crippen LogP contribution in [0.3, 0.4) is 0 Å². The Labute approximate surface area is 201 Å². The van der Waals surface area contributed by atoms with Gasteiger partial charge in [0.15, 0.2) is 0 Å². The van der Waals surface area contributed by atoms with Crippen LogP contribution in [0.1, 0.15) is 54.6 Å². The van der Waals surface area contributed by atoms with Crippen molar-refractivity contribution in [2.75, 3.05) is 6.61 Å². The van der Waals surface area contributed by atoms with E-state index in [1.54, 1.807) is 0 Å². The van der Waals surface area contributed by atoms with E-state index in [0.29, 0.717) is 6.61 Å². The van der Waals surface area contributed by atoms with Crippen molar-refractivity contribution < 1.29 is 9.53 Å². The monoisotopic (exact) mass is 450 g/mol. The molecule has 1 fully saturated rings. The van der Waals surface area contributed by atoms with Crippen molar-refractivity contribution in [3.05, 3.63) is 126 Å². The predicted molar refractivity (Wildman–Crippen MR) is 134 cm³/mol. The Bertz CT molecular complexity index is 1120. The molecule has 4 aromatic rings. The zero-order valence-electron chi connectivity index (χ0n) is 19.5. The molecule has 172 valence electrons. The Morgan fingerprint density at radius 1 is 0.912 bits per heavy atom. The van der Waals surface area contributed by atoms with E-state index in [1.807, 2.05) is 24.4 Å². The highest BCUT2D eigenvalue weighted by Crippen LogP contribution is 2.51. The van der Waals surface area contributed by atoms with Crippen LogP contribution in [0.5, 0.6) is 0 Å². The van der Waals surface area contributed by atoms with Crippen molar-refractivity contribution in [1.82, 2.24) is 9.55 Å². The molecule has 0 bridgehead atoms. The van der Waals surface area contributed by atoms with Gasteiger partial charge in [0.25, 0.3) is 0 Å². The summed E-state index contributed by atoms with van der Waals surface area (Å²) in [4.78, 5) is 17.5. The lowest BCUT2D eigenvalue weighted by atomic mass is 9.76. The highest BCUT2D eigenvalue weighted by atomic mass is 16.5. The van der Waals surface area contributed by atoms with Gasteiger partial charge in [-0.15, -0.1) is 0 Å². The van der Waals surface area contributed by atoms with Crippen LogP contribution >= 0.6 is 0 Å². The average Bonchev–Trinajstić information content (AvgIpc) is 3.55. The highest BCUT2D eigenvalue weighted by molar-refractivity contribution is 5.77. The summed E-state index contributed by atoms with van der Waals surface area (Å²) in [5.41, 5.74) is 2.83. The second-order valence-electron chi connectivity index (χ2n) is 8.93. The molecule has 1 aromatic heterocycles. The molecule has 1 aliphatic carbocycles. The minimum absolute atomic E-state index is 0.0552. The van der Waals surface area contributed by atoms with Gasteiger partial charge in [0.1, 0.15) is 11.4 Å². The molecule has 1 aliphatic rings. The van der Waals surface area contributed by atoms with Crippen LogP contribution in [0.15, 0.2) is 103 Å². The summed E-state index contributed by atoms with van der Waals surface area (Å²) in [5.74, 6) is 0.754. The number of carbonyl (C=O) groups excluding carboxylic acids is 1. The molecule has 2 atom stereocenters. The normalized spacial score (nSPS) is 17.3. The molecule has 4 heteroatoms. The fourth-order valence-electron chi connectivity index (χ4n) is 4.99. The molecule has 0 saturated heterocycles. The molecular formula is C30H30N2O2. The van der Waals surface area contributed by atoms with Gasteiger partial charge in [-0.1, -0.05) is 104 Å². The molecule has 4 nitrogen and oxygen atoms in total. The van der Waals surface area contributed by atoms with Gasteiger partial charge < -0.3 is 9.30 Å². The third-order valence-corrected chi connectivity index (χ3v) is 6.77. The second-order valence-corrected chi connectivity index (χ2v) is 8.93. The third-order valence-electron chi connectivity index (χ3n) is 6.77. The van der Waals surface area contributed by atoms with Gasteiger partial charge in [0.2, 0.25) is 0 Å². The van der Waals surface area contributed by atoms with E-state index >= 15 is 0 Å². The molecule has 1 heterocycles. The molecule has 0 N–H and O–H groups in total. The van der Waals surface area contributed by atoms with E-state index in [2.05, 4.69) is 90.5 Å². The summed E-state index contributed by atoms with van der Waals surface area (Å²) in [6, 6.07) is 31.7. The number of carbonyl (C=O) groups is 1. The average molecular weight is 451 g/mol.